The smallest absolute Gasteiger partial charge is 0.274 e. The van der Waals surface area contributed by atoms with Gasteiger partial charge in [0.15, 0.2) is 4.96 Å². The first kappa shape index (κ1) is 19.5. The fraction of sp³-hybridized carbons (Fsp3) is 0.273. The van der Waals surface area contributed by atoms with Crippen molar-refractivity contribution < 1.29 is 9.18 Å². The molecule has 30 heavy (non-hydrogen) atoms. The van der Waals surface area contributed by atoms with Crippen LogP contribution in [-0.2, 0) is 6.54 Å². The molecule has 154 valence electrons. The van der Waals surface area contributed by atoms with Crippen LogP contribution in [0.15, 0.2) is 48.7 Å². The Morgan fingerprint density at radius 3 is 2.87 bits per heavy atom. The van der Waals surface area contributed by atoms with E-state index in [4.69, 9.17) is 11.6 Å². The van der Waals surface area contributed by atoms with Crippen molar-refractivity contribution in [1.82, 2.24) is 19.2 Å². The molecule has 0 unspecified atom stereocenters. The van der Waals surface area contributed by atoms with Crippen LogP contribution in [0.5, 0.6) is 0 Å². The number of carbonyl (C=O) groups is 1. The monoisotopic (exact) mass is 442 g/mol. The van der Waals surface area contributed by atoms with Crippen LogP contribution in [0.2, 0.25) is 5.02 Å². The van der Waals surface area contributed by atoms with Crippen LogP contribution in [0.25, 0.3) is 15.2 Å². The Bertz CT molecular complexity index is 1240. The highest BCUT2D eigenvalue weighted by Gasteiger charge is 2.23. The van der Waals surface area contributed by atoms with Gasteiger partial charge in [-0.1, -0.05) is 41.1 Å². The number of halogens is 2. The number of para-hydroxylation sites is 1. The first-order valence-corrected chi connectivity index (χ1v) is 11.1. The highest BCUT2D eigenvalue weighted by atomic mass is 35.5. The van der Waals surface area contributed by atoms with E-state index in [0.29, 0.717) is 30.4 Å². The normalized spacial score (nSPS) is 15.7. The fourth-order valence-electron chi connectivity index (χ4n) is 3.94. The number of hydrogen-bond acceptors (Lipinski definition) is 4. The molecule has 0 saturated carbocycles. The molecule has 0 N–H and O–H groups in total. The highest BCUT2D eigenvalue weighted by Crippen LogP contribution is 2.26. The van der Waals surface area contributed by atoms with Gasteiger partial charge < -0.3 is 4.90 Å². The second-order valence-electron chi connectivity index (χ2n) is 7.51. The Morgan fingerprint density at radius 2 is 2.00 bits per heavy atom. The summed E-state index contributed by atoms with van der Waals surface area (Å²) in [7, 11) is 0. The summed E-state index contributed by atoms with van der Waals surface area (Å²) in [6.07, 6.45) is 2.72. The molecule has 0 aliphatic carbocycles. The van der Waals surface area contributed by atoms with Gasteiger partial charge in [0.2, 0.25) is 0 Å². The third-order valence-electron chi connectivity index (χ3n) is 5.50. The van der Waals surface area contributed by atoms with E-state index in [0.717, 1.165) is 40.3 Å². The lowest BCUT2D eigenvalue weighted by Crippen LogP contribution is -2.35. The number of hydrogen-bond donors (Lipinski definition) is 0. The van der Waals surface area contributed by atoms with Gasteiger partial charge in [-0.15, -0.1) is 0 Å². The Balaban J connectivity index is 1.29. The molecular weight excluding hydrogens is 423 g/mol. The van der Waals surface area contributed by atoms with Gasteiger partial charge >= 0.3 is 0 Å². The van der Waals surface area contributed by atoms with Crippen LogP contribution in [0.4, 0.5) is 4.39 Å². The van der Waals surface area contributed by atoms with Gasteiger partial charge in [0, 0.05) is 43.9 Å². The lowest BCUT2D eigenvalue weighted by molar-refractivity contribution is 0.0756. The number of fused-ring (bicyclic) bond motifs is 3. The van der Waals surface area contributed by atoms with E-state index in [1.807, 2.05) is 33.7 Å². The topological polar surface area (TPSA) is 40.9 Å². The maximum Gasteiger partial charge on any atom is 0.274 e. The molecule has 0 atom stereocenters. The van der Waals surface area contributed by atoms with Crippen molar-refractivity contribution in [2.75, 3.05) is 26.2 Å². The van der Waals surface area contributed by atoms with Crippen LogP contribution in [0, 0.1) is 5.82 Å². The standard InChI is InChI=1S/C22H20ClFN4OS/c23-17-12-16(24)7-6-15(17)13-26-8-3-9-27(11-10-26)21(29)18-14-28-19-4-1-2-5-20(19)30-22(28)25-18/h1-2,4-7,12,14H,3,8-11,13H2. The number of rotatable bonds is 3. The second kappa shape index (κ2) is 7.98. The van der Waals surface area contributed by atoms with E-state index in [2.05, 4.69) is 16.0 Å². The van der Waals surface area contributed by atoms with Gasteiger partial charge in [-0.2, -0.15) is 0 Å². The molecule has 3 heterocycles. The van der Waals surface area contributed by atoms with Crippen molar-refractivity contribution in [2.24, 2.45) is 0 Å². The number of benzene rings is 2. The molecule has 1 aliphatic heterocycles. The predicted octanol–water partition coefficient (Wildman–Crippen LogP) is 4.69. The van der Waals surface area contributed by atoms with Crippen LogP contribution < -0.4 is 0 Å². The summed E-state index contributed by atoms with van der Waals surface area (Å²) in [4.78, 5) is 22.6. The maximum absolute atomic E-state index is 13.3. The summed E-state index contributed by atoms with van der Waals surface area (Å²) in [5.74, 6) is -0.360. The van der Waals surface area contributed by atoms with Gasteiger partial charge in [-0.25, -0.2) is 9.37 Å². The quantitative estimate of drug-likeness (QED) is 0.462. The van der Waals surface area contributed by atoms with Crippen LogP contribution in [0.3, 0.4) is 0 Å². The third kappa shape index (κ3) is 3.69. The molecule has 2 aromatic heterocycles. The fourth-order valence-corrected chi connectivity index (χ4v) is 5.17. The van der Waals surface area contributed by atoms with E-state index in [1.54, 1.807) is 17.4 Å². The average molecular weight is 443 g/mol. The zero-order chi connectivity index (χ0) is 20.7. The van der Waals surface area contributed by atoms with E-state index < -0.39 is 0 Å². The molecule has 1 fully saturated rings. The molecule has 8 heteroatoms. The summed E-state index contributed by atoms with van der Waals surface area (Å²) >= 11 is 7.77. The Hall–Kier alpha value is -2.48. The summed E-state index contributed by atoms with van der Waals surface area (Å²) < 4.78 is 16.4. The molecule has 1 amide bonds. The first-order chi connectivity index (χ1) is 14.6. The van der Waals surface area contributed by atoms with Crippen molar-refractivity contribution in [3.05, 3.63) is 70.8 Å². The molecule has 0 bridgehead atoms. The molecular formula is C22H20ClFN4OS. The number of nitrogens with zero attached hydrogens (tertiary/aromatic N) is 4. The zero-order valence-corrected chi connectivity index (χ0v) is 17.8. The van der Waals surface area contributed by atoms with E-state index >= 15 is 0 Å². The van der Waals surface area contributed by atoms with E-state index in [9.17, 15) is 9.18 Å². The lowest BCUT2D eigenvalue weighted by atomic mass is 10.2. The molecule has 5 nitrogen and oxygen atoms in total. The first-order valence-electron chi connectivity index (χ1n) is 9.91. The number of carbonyl (C=O) groups excluding carboxylic acids is 1. The summed E-state index contributed by atoms with van der Waals surface area (Å²) in [6.45, 7) is 3.57. The number of thiazole rings is 1. The second-order valence-corrected chi connectivity index (χ2v) is 8.92. The zero-order valence-electron chi connectivity index (χ0n) is 16.2. The van der Waals surface area contributed by atoms with Crippen LogP contribution in [0.1, 0.15) is 22.5 Å². The molecule has 0 radical (unpaired) electrons. The predicted molar refractivity (Wildman–Crippen MR) is 118 cm³/mol. The van der Waals surface area contributed by atoms with Gasteiger partial charge in [-0.3, -0.25) is 14.1 Å². The summed E-state index contributed by atoms with van der Waals surface area (Å²) in [5.41, 5.74) is 2.46. The highest BCUT2D eigenvalue weighted by molar-refractivity contribution is 7.23. The Morgan fingerprint density at radius 1 is 1.13 bits per heavy atom. The van der Waals surface area contributed by atoms with Crippen molar-refractivity contribution >= 4 is 44.0 Å². The number of amides is 1. The summed E-state index contributed by atoms with van der Waals surface area (Å²) in [6, 6.07) is 12.6. The van der Waals surface area contributed by atoms with Crippen molar-refractivity contribution in [2.45, 2.75) is 13.0 Å². The van der Waals surface area contributed by atoms with Crippen molar-refractivity contribution in [3.8, 4) is 0 Å². The lowest BCUT2D eigenvalue weighted by Gasteiger charge is -2.22. The average Bonchev–Trinajstić information content (AvgIpc) is 3.20. The molecule has 5 rings (SSSR count). The minimum Gasteiger partial charge on any atom is -0.336 e. The molecule has 1 saturated heterocycles. The Kier molecular flexibility index (Phi) is 5.18. The van der Waals surface area contributed by atoms with Gasteiger partial charge in [0.1, 0.15) is 11.5 Å². The Labute approximate surface area is 182 Å². The van der Waals surface area contributed by atoms with Gasteiger partial charge in [-0.05, 0) is 36.2 Å². The number of imidazole rings is 1. The van der Waals surface area contributed by atoms with Gasteiger partial charge in [0.25, 0.3) is 5.91 Å². The minimum absolute atomic E-state index is 0.0309. The minimum atomic E-state index is -0.330. The molecule has 0 spiro atoms. The molecule has 1 aliphatic rings. The maximum atomic E-state index is 13.3. The molecule has 4 aromatic rings. The van der Waals surface area contributed by atoms with Crippen molar-refractivity contribution in [1.29, 1.82) is 0 Å². The number of aromatic nitrogens is 2. The SMILES string of the molecule is O=C(c1cn2c(n1)sc1ccccc12)N1CCCN(Cc2ccc(F)cc2Cl)CC1. The van der Waals surface area contributed by atoms with Crippen LogP contribution in [-0.4, -0.2) is 51.3 Å². The van der Waals surface area contributed by atoms with Crippen LogP contribution >= 0.6 is 22.9 Å². The van der Waals surface area contributed by atoms with E-state index in [-0.39, 0.29) is 11.7 Å². The largest absolute Gasteiger partial charge is 0.336 e. The van der Waals surface area contributed by atoms with E-state index in [1.165, 1.54) is 12.1 Å². The summed E-state index contributed by atoms with van der Waals surface area (Å²) in [5, 5.41) is 0.442. The molecule has 2 aromatic carbocycles. The van der Waals surface area contributed by atoms with Gasteiger partial charge in [0.05, 0.1) is 10.2 Å². The van der Waals surface area contributed by atoms with Crippen molar-refractivity contribution in [3.63, 3.8) is 0 Å². The third-order valence-corrected chi connectivity index (χ3v) is 6.89.